The molecular formula is C13H21N5O3. The zero-order chi connectivity index (χ0) is 14.9. The standard InChI is InChI=1S/C13H21N5O3/c19-10(9-17-7-3-14-4-8-17)18-5-1-13(2-6-18)11(20)15-12(21)16-13/h14H,1-9H2,(H2,15,16,20,21). The predicted molar refractivity (Wildman–Crippen MR) is 74.5 cm³/mol. The maximum absolute atomic E-state index is 12.3. The van der Waals surface area contributed by atoms with Gasteiger partial charge in [-0.1, -0.05) is 0 Å². The summed E-state index contributed by atoms with van der Waals surface area (Å²) >= 11 is 0. The van der Waals surface area contributed by atoms with Gasteiger partial charge in [-0.05, 0) is 12.8 Å². The van der Waals surface area contributed by atoms with Crippen molar-refractivity contribution in [2.75, 3.05) is 45.8 Å². The SMILES string of the molecule is O=C1NC(=O)C2(CCN(C(=O)CN3CCNCC3)CC2)N1. The fraction of sp³-hybridized carbons (Fsp3) is 0.769. The Morgan fingerprint density at radius 3 is 2.33 bits per heavy atom. The predicted octanol–water partition coefficient (Wildman–Crippen LogP) is -1.91. The van der Waals surface area contributed by atoms with Gasteiger partial charge in [-0.25, -0.2) is 4.79 Å². The third-order valence-electron chi connectivity index (χ3n) is 4.55. The lowest BCUT2D eigenvalue weighted by Crippen LogP contribution is -2.57. The summed E-state index contributed by atoms with van der Waals surface area (Å²) in [6.45, 7) is 5.08. The Hall–Kier alpha value is -1.67. The van der Waals surface area contributed by atoms with E-state index in [1.54, 1.807) is 4.90 Å². The summed E-state index contributed by atoms with van der Waals surface area (Å²) in [6, 6.07) is -0.430. The number of carbonyl (C=O) groups is 3. The zero-order valence-corrected chi connectivity index (χ0v) is 12.0. The molecule has 0 aromatic carbocycles. The molecule has 8 heteroatoms. The molecule has 0 saturated carbocycles. The summed E-state index contributed by atoms with van der Waals surface area (Å²) in [7, 11) is 0. The number of urea groups is 1. The molecule has 0 atom stereocenters. The Kier molecular flexibility index (Phi) is 3.81. The summed E-state index contributed by atoms with van der Waals surface area (Å²) < 4.78 is 0. The number of nitrogens with zero attached hydrogens (tertiary/aromatic N) is 2. The van der Waals surface area contributed by atoms with E-state index in [9.17, 15) is 14.4 Å². The number of piperazine rings is 1. The van der Waals surface area contributed by atoms with Crippen molar-refractivity contribution in [1.82, 2.24) is 25.8 Å². The summed E-state index contributed by atoms with van der Waals surface area (Å²) in [5.74, 6) is -0.154. The molecule has 0 radical (unpaired) electrons. The van der Waals surface area contributed by atoms with Crippen LogP contribution in [-0.2, 0) is 9.59 Å². The molecule has 8 nitrogen and oxygen atoms in total. The van der Waals surface area contributed by atoms with Gasteiger partial charge in [0, 0.05) is 39.3 Å². The highest BCUT2D eigenvalue weighted by molar-refractivity contribution is 6.07. The Labute approximate surface area is 123 Å². The average molecular weight is 295 g/mol. The molecular weight excluding hydrogens is 274 g/mol. The van der Waals surface area contributed by atoms with Crippen molar-refractivity contribution in [2.45, 2.75) is 18.4 Å². The molecule has 1 spiro atoms. The van der Waals surface area contributed by atoms with Crippen LogP contribution < -0.4 is 16.0 Å². The fourth-order valence-electron chi connectivity index (χ4n) is 3.18. The van der Waals surface area contributed by atoms with E-state index in [1.165, 1.54) is 0 Å². The van der Waals surface area contributed by atoms with Crippen LogP contribution in [-0.4, -0.2) is 79.0 Å². The summed E-state index contributed by atoms with van der Waals surface area (Å²) in [6.07, 6.45) is 0.968. The zero-order valence-electron chi connectivity index (χ0n) is 12.0. The van der Waals surface area contributed by atoms with Crippen molar-refractivity contribution in [1.29, 1.82) is 0 Å². The molecule has 3 aliphatic rings. The van der Waals surface area contributed by atoms with E-state index < -0.39 is 11.6 Å². The second kappa shape index (κ2) is 5.61. The van der Waals surface area contributed by atoms with Crippen LogP contribution in [0.5, 0.6) is 0 Å². The number of likely N-dealkylation sites (tertiary alicyclic amines) is 1. The van der Waals surface area contributed by atoms with E-state index in [-0.39, 0.29) is 11.8 Å². The molecule has 116 valence electrons. The van der Waals surface area contributed by atoms with Gasteiger partial charge >= 0.3 is 6.03 Å². The Morgan fingerprint density at radius 2 is 1.76 bits per heavy atom. The number of imide groups is 1. The second-order valence-corrected chi connectivity index (χ2v) is 5.90. The van der Waals surface area contributed by atoms with Crippen LogP contribution in [0.1, 0.15) is 12.8 Å². The molecule has 0 aromatic heterocycles. The van der Waals surface area contributed by atoms with Crippen molar-refractivity contribution in [3.05, 3.63) is 0 Å². The summed E-state index contributed by atoms with van der Waals surface area (Å²) in [5.41, 5.74) is -0.803. The highest BCUT2D eigenvalue weighted by atomic mass is 16.2. The lowest BCUT2D eigenvalue weighted by molar-refractivity contribution is -0.136. The van der Waals surface area contributed by atoms with E-state index in [1.807, 2.05) is 0 Å². The quantitative estimate of drug-likeness (QED) is 0.517. The number of hydrogen-bond acceptors (Lipinski definition) is 5. The van der Waals surface area contributed by atoms with Gasteiger partial charge < -0.3 is 15.5 Å². The molecule has 21 heavy (non-hydrogen) atoms. The number of piperidine rings is 1. The molecule has 3 fully saturated rings. The molecule has 4 amide bonds. The van der Waals surface area contributed by atoms with Crippen molar-refractivity contribution in [3.63, 3.8) is 0 Å². The summed E-state index contributed by atoms with van der Waals surface area (Å²) in [4.78, 5) is 39.3. The van der Waals surface area contributed by atoms with E-state index in [0.717, 1.165) is 26.2 Å². The largest absolute Gasteiger partial charge is 0.341 e. The molecule has 0 aromatic rings. The maximum Gasteiger partial charge on any atom is 0.322 e. The topological polar surface area (TPSA) is 93.8 Å². The van der Waals surface area contributed by atoms with Gasteiger partial charge in [0.25, 0.3) is 5.91 Å². The van der Waals surface area contributed by atoms with Crippen LogP contribution in [0.15, 0.2) is 0 Å². The minimum atomic E-state index is -0.803. The van der Waals surface area contributed by atoms with Crippen molar-refractivity contribution < 1.29 is 14.4 Å². The van der Waals surface area contributed by atoms with Crippen LogP contribution in [0.4, 0.5) is 4.79 Å². The number of rotatable bonds is 2. The first-order valence-corrected chi connectivity index (χ1v) is 7.43. The monoisotopic (exact) mass is 295 g/mol. The van der Waals surface area contributed by atoms with E-state index in [2.05, 4.69) is 20.9 Å². The van der Waals surface area contributed by atoms with Crippen LogP contribution in [0, 0.1) is 0 Å². The van der Waals surface area contributed by atoms with Gasteiger partial charge in [-0.15, -0.1) is 0 Å². The molecule has 3 aliphatic heterocycles. The maximum atomic E-state index is 12.3. The molecule has 3 saturated heterocycles. The lowest BCUT2D eigenvalue weighted by Gasteiger charge is -2.38. The van der Waals surface area contributed by atoms with E-state index in [4.69, 9.17) is 0 Å². The highest BCUT2D eigenvalue weighted by Crippen LogP contribution is 2.25. The van der Waals surface area contributed by atoms with Crippen LogP contribution in [0.2, 0.25) is 0 Å². The Balaban J connectivity index is 1.52. The summed E-state index contributed by atoms with van der Waals surface area (Å²) in [5, 5.41) is 8.24. The molecule has 0 aliphatic carbocycles. The van der Waals surface area contributed by atoms with Crippen LogP contribution in [0.3, 0.4) is 0 Å². The van der Waals surface area contributed by atoms with Gasteiger partial charge in [-0.3, -0.25) is 19.8 Å². The van der Waals surface area contributed by atoms with Crippen LogP contribution >= 0.6 is 0 Å². The number of nitrogens with one attached hydrogen (secondary N) is 3. The molecule has 3 heterocycles. The average Bonchev–Trinajstić information content (AvgIpc) is 2.74. The van der Waals surface area contributed by atoms with Crippen molar-refractivity contribution in [2.24, 2.45) is 0 Å². The fourth-order valence-corrected chi connectivity index (χ4v) is 3.18. The van der Waals surface area contributed by atoms with Gasteiger partial charge in [0.1, 0.15) is 5.54 Å². The third kappa shape index (κ3) is 2.86. The smallest absolute Gasteiger partial charge is 0.322 e. The second-order valence-electron chi connectivity index (χ2n) is 5.90. The van der Waals surface area contributed by atoms with Crippen molar-refractivity contribution >= 4 is 17.8 Å². The minimum absolute atomic E-state index is 0.108. The number of carbonyl (C=O) groups excluding carboxylic acids is 3. The van der Waals surface area contributed by atoms with Crippen LogP contribution in [0.25, 0.3) is 0 Å². The lowest BCUT2D eigenvalue weighted by atomic mass is 9.87. The molecule has 3 N–H and O–H groups in total. The minimum Gasteiger partial charge on any atom is -0.341 e. The van der Waals surface area contributed by atoms with Gasteiger partial charge in [-0.2, -0.15) is 0 Å². The first-order chi connectivity index (χ1) is 10.1. The van der Waals surface area contributed by atoms with Gasteiger partial charge in [0.05, 0.1) is 6.54 Å². The first-order valence-electron chi connectivity index (χ1n) is 7.43. The number of hydrogen-bond donors (Lipinski definition) is 3. The van der Waals surface area contributed by atoms with Gasteiger partial charge in [0.15, 0.2) is 0 Å². The molecule has 3 rings (SSSR count). The van der Waals surface area contributed by atoms with E-state index >= 15 is 0 Å². The van der Waals surface area contributed by atoms with Crippen molar-refractivity contribution in [3.8, 4) is 0 Å². The molecule has 0 unspecified atom stereocenters. The normalized spacial score (nSPS) is 25.8. The first kappa shape index (κ1) is 14.3. The Morgan fingerprint density at radius 1 is 1.10 bits per heavy atom. The number of amides is 4. The molecule has 0 bridgehead atoms. The van der Waals surface area contributed by atoms with Gasteiger partial charge in [0.2, 0.25) is 5.91 Å². The Bertz CT molecular complexity index is 453. The highest BCUT2D eigenvalue weighted by Gasteiger charge is 2.48. The van der Waals surface area contributed by atoms with E-state index in [0.29, 0.717) is 32.5 Å². The third-order valence-corrected chi connectivity index (χ3v) is 4.55.